The average Bonchev–Trinajstić information content (AvgIpc) is 2.43. The molecule has 0 radical (unpaired) electrons. The number of anilines is 1. The molecule has 0 saturated carbocycles. The first-order chi connectivity index (χ1) is 9.19. The normalized spacial score (nSPS) is 12.7. The lowest BCUT2D eigenvalue weighted by Gasteiger charge is -2.28. The molecule has 0 aliphatic carbocycles. The van der Waals surface area contributed by atoms with Crippen LogP contribution in [0.5, 0.6) is 0 Å². The molecule has 1 aromatic carbocycles. The molecule has 0 aliphatic rings. The van der Waals surface area contributed by atoms with Gasteiger partial charge in [0.2, 0.25) is 0 Å². The molecule has 1 atom stereocenters. The lowest BCUT2D eigenvalue weighted by atomic mass is 10.2. The van der Waals surface area contributed by atoms with Crippen molar-refractivity contribution in [2.45, 2.75) is 33.2 Å². The van der Waals surface area contributed by atoms with Crippen molar-refractivity contribution in [1.29, 1.82) is 0 Å². The van der Waals surface area contributed by atoms with E-state index in [0.29, 0.717) is 6.04 Å². The largest absolute Gasteiger partial charge is 0.384 e. The first-order valence-corrected chi connectivity index (χ1v) is 7.21. The van der Waals surface area contributed by atoms with Gasteiger partial charge >= 0.3 is 0 Å². The smallest absolute Gasteiger partial charge is 0.0589 e. The number of hydrogen-bond donors (Lipinski definition) is 1. The molecular weight excluding hydrogens is 236 g/mol. The van der Waals surface area contributed by atoms with E-state index in [9.17, 15) is 0 Å². The third kappa shape index (κ3) is 5.62. The van der Waals surface area contributed by atoms with Crippen LogP contribution in [0.4, 0.5) is 5.69 Å². The van der Waals surface area contributed by atoms with E-state index in [1.54, 1.807) is 7.11 Å². The van der Waals surface area contributed by atoms with E-state index >= 15 is 0 Å². The summed E-state index contributed by atoms with van der Waals surface area (Å²) in [5, 5.41) is 3.52. The highest BCUT2D eigenvalue weighted by molar-refractivity contribution is 5.50. The van der Waals surface area contributed by atoms with Crippen LogP contribution in [0.25, 0.3) is 0 Å². The molecule has 0 aromatic heterocycles. The number of methoxy groups -OCH3 is 1. The molecule has 0 spiro atoms. The minimum atomic E-state index is 0.605. The number of aryl methyl sites for hydroxylation is 1. The van der Waals surface area contributed by atoms with Gasteiger partial charge in [-0.15, -0.1) is 0 Å². The maximum absolute atomic E-state index is 5.19. The first kappa shape index (κ1) is 16.0. The third-order valence-electron chi connectivity index (χ3n) is 3.66. The van der Waals surface area contributed by atoms with E-state index in [1.807, 2.05) is 0 Å². The molecule has 1 N–H and O–H groups in total. The van der Waals surface area contributed by atoms with Gasteiger partial charge in [0.15, 0.2) is 0 Å². The summed E-state index contributed by atoms with van der Waals surface area (Å²) >= 11 is 0. The second-order valence-corrected chi connectivity index (χ2v) is 5.03. The molecule has 108 valence electrons. The Labute approximate surface area is 118 Å². The number of benzene rings is 1. The van der Waals surface area contributed by atoms with Gasteiger partial charge in [-0.05, 0) is 31.9 Å². The summed E-state index contributed by atoms with van der Waals surface area (Å²) in [5.41, 5.74) is 2.54. The molecule has 0 heterocycles. The monoisotopic (exact) mass is 264 g/mol. The summed E-state index contributed by atoms with van der Waals surface area (Å²) in [6.07, 6.45) is 1.17. The minimum Gasteiger partial charge on any atom is -0.384 e. The summed E-state index contributed by atoms with van der Waals surface area (Å²) in [5.74, 6) is 0. The molecule has 19 heavy (non-hydrogen) atoms. The highest BCUT2D eigenvalue weighted by Crippen LogP contribution is 2.12. The van der Waals surface area contributed by atoms with E-state index < -0.39 is 0 Å². The number of hydrogen-bond acceptors (Lipinski definition) is 3. The van der Waals surface area contributed by atoms with Crippen LogP contribution >= 0.6 is 0 Å². The van der Waals surface area contributed by atoms with E-state index in [4.69, 9.17) is 4.74 Å². The standard InChI is InChI=1S/C16H28N2O/c1-5-15(3)18(12-13-19-4)11-10-17-16-9-7-6-8-14(16)2/h6-9,15,17H,5,10-13H2,1-4H3. The van der Waals surface area contributed by atoms with E-state index in [2.05, 4.69) is 55.3 Å². The molecule has 0 bridgehead atoms. The Kier molecular flexibility index (Phi) is 7.53. The van der Waals surface area contributed by atoms with E-state index in [1.165, 1.54) is 17.7 Å². The lowest BCUT2D eigenvalue weighted by Crippen LogP contribution is -2.38. The Bertz CT molecular complexity index is 354. The van der Waals surface area contributed by atoms with Gasteiger partial charge in [0, 0.05) is 38.5 Å². The van der Waals surface area contributed by atoms with Crippen LogP contribution in [0.2, 0.25) is 0 Å². The topological polar surface area (TPSA) is 24.5 Å². The van der Waals surface area contributed by atoms with Gasteiger partial charge in [-0.1, -0.05) is 25.1 Å². The minimum absolute atomic E-state index is 0.605. The van der Waals surface area contributed by atoms with E-state index in [-0.39, 0.29) is 0 Å². The number of para-hydroxylation sites is 1. The number of ether oxygens (including phenoxy) is 1. The number of nitrogens with one attached hydrogen (secondary N) is 1. The highest BCUT2D eigenvalue weighted by Gasteiger charge is 2.11. The molecule has 0 saturated heterocycles. The van der Waals surface area contributed by atoms with Crippen LogP contribution in [0.15, 0.2) is 24.3 Å². The van der Waals surface area contributed by atoms with Crippen molar-refractivity contribution < 1.29 is 4.74 Å². The van der Waals surface area contributed by atoms with E-state index in [0.717, 1.165) is 26.2 Å². The van der Waals surface area contributed by atoms with Gasteiger partial charge in [-0.3, -0.25) is 4.90 Å². The zero-order valence-corrected chi connectivity index (χ0v) is 12.8. The summed E-state index contributed by atoms with van der Waals surface area (Å²) in [7, 11) is 1.76. The van der Waals surface area contributed by atoms with Gasteiger partial charge < -0.3 is 10.1 Å². The highest BCUT2D eigenvalue weighted by atomic mass is 16.5. The van der Waals surface area contributed by atoms with Crippen LogP contribution < -0.4 is 5.32 Å². The van der Waals surface area contributed by atoms with Crippen LogP contribution in [0.1, 0.15) is 25.8 Å². The quantitative estimate of drug-likeness (QED) is 0.741. The molecular formula is C16H28N2O. The number of rotatable bonds is 9. The van der Waals surface area contributed by atoms with Crippen molar-refractivity contribution in [3.05, 3.63) is 29.8 Å². The molecule has 1 aromatic rings. The Morgan fingerprint density at radius 1 is 1.26 bits per heavy atom. The third-order valence-corrected chi connectivity index (χ3v) is 3.66. The predicted octanol–water partition coefficient (Wildman–Crippen LogP) is 3.15. The van der Waals surface area contributed by atoms with Crippen LogP contribution in [-0.4, -0.2) is 44.3 Å². The lowest BCUT2D eigenvalue weighted by molar-refractivity contribution is 0.126. The van der Waals surface area contributed by atoms with Gasteiger partial charge in [0.25, 0.3) is 0 Å². The van der Waals surface area contributed by atoms with Gasteiger partial charge in [0.1, 0.15) is 0 Å². The van der Waals surface area contributed by atoms with Gasteiger partial charge in [-0.2, -0.15) is 0 Å². The number of nitrogens with zero attached hydrogens (tertiary/aromatic N) is 1. The summed E-state index contributed by atoms with van der Waals surface area (Å²) in [6, 6.07) is 9.03. The zero-order valence-electron chi connectivity index (χ0n) is 12.8. The summed E-state index contributed by atoms with van der Waals surface area (Å²) in [6.45, 7) is 10.5. The van der Waals surface area contributed by atoms with Crippen molar-refractivity contribution in [2.75, 3.05) is 38.7 Å². The maximum Gasteiger partial charge on any atom is 0.0589 e. The molecule has 3 nitrogen and oxygen atoms in total. The Balaban J connectivity index is 2.41. The molecule has 0 amide bonds. The van der Waals surface area contributed by atoms with Crippen molar-refractivity contribution >= 4 is 5.69 Å². The Hall–Kier alpha value is -1.06. The SMILES string of the molecule is CCC(C)N(CCNc1ccccc1C)CCOC. The fourth-order valence-electron chi connectivity index (χ4n) is 2.12. The molecule has 0 fully saturated rings. The fourth-order valence-corrected chi connectivity index (χ4v) is 2.12. The predicted molar refractivity (Wildman–Crippen MR) is 82.9 cm³/mol. The molecule has 1 unspecified atom stereocenters. The van der Waals surface area contributed by atoms with Crippen molar-refractivity contribution in [3.63, 3.8) is 0 Å². The van der Waals surface area contributed by atoms with Crippen molar-refractivity contribution in [2.24, 2.45) is 0 Å². The average molecular weight is 264 g/mol. The second-order valence-electron chi connectivity index (χ2n) is 5.03. The van der Waals surface area contributed by atoms with Crippen molar-refractivity contribution in [3.8, 4) is 0 Å². The molecule has 0 aliphatic heterocycles. The van der Waals surface area contributed by atoms with Crippen LogP contribution in [0.3, 0.4) is 0 Å². The Morgan fingerprint density at radius 3 is 2.63 bits per heavy atom. The first-order valence-electron chi connectivity index (χ1n) is 7.21. The van der Waals surface area contributed by atoms with Crippen molar-refractivity contribution in [1.82, 2.24) is 4.90 Å². The summed E-state index contributed by atoms with van der Waals surface area (Å²) < 4.78 is 5.19. The van der Waals surface area contributed by atoms with Gasteiger partial charge in [0.05, 0.1) is 6.61 Å². The fraction of sp³-hybridized carbons (Fsp3) is 0.625. The van der Waals surface area contributed by atoms with Crippen LogP contribution in [0, 0.1) is 6.92 Å². The molecule has 3 heteroatoms. The van der Waals surface area contributed by atoms with Crippen LogP contribution in [-0.2, 0) is 4.74 Å². The summed E-state index contributed by atoms with van der Waals surface area (Å²) in [4.78, 5) is 2.48. The maximum atomic E-state index is 5.19. The zero-order chi connectivity index (χ0) is 14.1. The second kappa shape index (κ2) is 8.94. The molecule has 1 rings (SSSR count). The van der Waals surface area contributed by atoms with Gasteiger partial charge in [-0.25, -0.2) is 0 Å². The Morgan fingerprint density at radius 2 is 2.00 bits per heavy atom.